The Morgan fingerprint density at radius 2 is 1.96 bits per heavy atom. The highest BCUT2D eigenvalue weighted by molar-refractivity contribution is 5.93. The first kappa shape index (κ1) is 15.8. The van der Waals surface area contributed by atoms with Gasteiger partial charge in [0, 0.05) is 19.2 Å². The number of aryl methyl sites for hydroxylation is 1. The molecule has 0 radical (unpaired) electrons. The van der Waals surface area contributed by atoms with Crippen molar-refractivity contribution in [1.82, 2.24) is 4.90 Å². The molecule has 8 nitrogen and oxygen atoms in total. The molecular weight excluding hydrogens is 330 g/mol. The number of benzene rings is 1. The lowest BCUT2D eigenvalue weighted by Gasteiger charge is -2.27. The van der Waals surface area contributed by atoms with Crippen LogP contribution < -0.4 is 15.1 Å². The Kier molecular flexibility index (Phi) is 3.76. The van der Waals surface area contributed by atoms with Crippen LogP contribution in [0.15, 0.2) is 15.3 Å². The van der Waals surface area contributed by atoms with Gasteiger partial charge in [-0.3, -0.25) is 4.79 Å². The van der Waals surface area contributed by atoms with E-state index in [4.69, 9.17) is 18.6 Å². The van der Waals surface area contributed by atoms with Crippen LogP contribution in [0.2, 0.25) is 0 Å². The van der Waals surface area contributed by atoms with Gasteiger partial charge < -0.3 is 28.6 Å². The molecule has 0 aliphatic carbocycles. The van der Waals surface area contributed by atoms with Gasteiger partial charge in [-0.1, -0.05) is 0 Å². The molecule has 1 amide bonds. The molecule has 0 bridgehead atoms. The molecule has 0 saturated carbocycles. The molecule has 1 fully saturated rings. The van der Waals surface area contributed by atoms with Gasteiger partial charge >= 0.3 is 5.63 Å². The number of aromatic hydroxyl groups is 1. The molecule has 3 heterocycles. The first-order valence-corrected chi connectivity index (χ1v) is 7.99. The van der Waals surface area contributed by atoms with Gasteiger partial charge in [-0.2, -0.15) is 0 Å². The van der Waals surface area contributed by atoms with E-state index in [1.54, 1.807) is 11.8 Å². The molecule has 2 aliphatic rings. The molecule has 2 aromatic rings. The number of nitrogens with zero attached hydrogens (tertiary/aromatic N) is 1. The number of amides is 1. The largest absolute Gasteiger partial charge is 0.504 e. The Morgan fingerprint density at radius 1 is 1.24 bits per heavy atom. The van der Waals surface area contributed by atoms with E-state index in [0.717, 1.165) is 0 Å². The van der Waals surface area contributed by atoms with Crippen molar-refractivity contribution in [2.24, 2.45) is 0 Å². The summed E-state index contributed by atoms with van der Waals surface area (Å²) in [6, 6.07) is 1.32. The maximum Gasteiger partial charge on any atom is 0.340 e. The van der Waals surface area contributed by atoms with Crippen molar-refractivity contribution in [3.8, 4) is 17.2 Å². The number of carbonyl (C=O) groups excluding carboxylic acids is 1. The minimum atomic E-state index is -0.593. The fourth-order valence-electron chi connectivity index (χ4n) is 3.21. The summed E-state index contributed by atoms with van der Waals surface area (Å²) < 4.78 is 21.3. The monoisotopic (exact) mass is 347 g/mol. The van der Waals surface area contributed by atoms with Crippen molar-refractivity contribution < 1.29 is 28.5 Å². The van der Waals surface area contributed by atoms with Gasteiger partial charge in [0.05, 0.1) is 30.6 Å². The Labute approximate surface area is 142 Å². The van der Waals surface area contributed by atoms with Crippen LogP contribution in [0.1, 0.15) is 11.1 Å². The van der Waals surface area contributed by atoms with E-state index >= 15 is 0 Å². The van der Waals surface area contributed by atoms with E-state index in [1.807, 2.05) is 0 Å². The van der Waals surface area contributed by atoms with Crippen LogP contribution in [-0.4, -0.2) is 49.0 Å². The molecule has 1 N–H and O–H groups in total. The van der Waals surface area contributed by atoms with Crippen LogP contribution in [0.4, 0.5) is 0 Å². The highest BCUT2D eigenvalue weighted by Crippen LogP contribution is 2.46. The van der Waals surface area contributed by atoms with Crippen LogP contribution in [0.25, 0.3) is 11.0 Å². The number of rotatable bonds is 2. The number of phenolic OH excluding ortho intramolecular Hbond substituents is 1. The summed E-state index contributed by atoms with van der Waals surface area (Å²) in [5.74, 6) is 0.247. The average Bonchev–Trinajstić information content (AvgIpc) is 3.09. The van der Waals surface area contributed by atoms with Gasteiger partial charge in [-0.05, 0) is 12.5 Å². The summed E-state index contributed by atoms with van der Waals surface area (Å²) in [5.41, 5.74) is 0.485. The second-order valence-electron chi connectivity index (χ2n) is 6.00. The third-order valence-electron chi connectivity index (χ3n) is 4.56. The van der Waals surface area contributed by atoms with Gasteiger partial charge in [0.1, 0.15) is 5.58 Å². The number of fused-ring (bicyclic) bond motifs is 3. The molecule has 2 aliphatic heterocycles. The minimum Gasteiger partial charge on any atom is -0.504 e. The van der Waals surface area contributed by atoms with E-state index in [0.29, 0.717) is 43.0 Å². The predicted octanol–water partition coefficient (Wildman–Crippen LogP) is 0.937. The molecule has 132 valence electrons. The summed E-state index contributed by atoms with van der Waals surface area (Å²) in [7, 11) is 0. The lowest BCUT2D eigenvalue weighted by atomic mass is 10.0. The fraction of sp³-hybridized carbons (Fsp3) is 0.412. The van der Waals surface area contributed by atoms with Crippen molar-refractivity contribution in [3.63, 3.8) is 0 Å². The zero-order chi connectivity index (χ0) is 17.6. The minimum absolute atomic E-state index is 0.0252. The molecule has 4 rings (SSSR count). The van der Waals surface area contributed by atoms with Gasteiger partial charge in [0.15, 0.2) is 11.5 Å². The van der Waals surface area contributed by atoms with Crippen molar-refractivity contribution in [1.29, 1.82) is 0 Å². The topological polar surface area (TPSA) is 98.4 Å². The molecule has 8 heteroatoms. The maximum atomic E-state index is 12.5. The Bertz CT molecular complexity index is 912. The highest BCUT2D eigenvalue weighted by atomic mass is 16.7. The lowest BCUT2D eigenvalue weighted by Crippen LogP contribution is -2.42. The SMILES string of the molecule is Cc1c(CC(=O)N2CCOCC2)c(=O)oc2cc(O)c3c(c12)OCO3. The van der Waals surface area contributed by atoms with Crippen molar-refractivity contribution >= 4 is 16.9 Å². The summed E-state index contributed by atoms with van der Waals surface area (Å²) in [4.78, 5) is 26.5. The maximum absolute atomic E-state index is 12.5. The molecular formula is C17H17NO7. The number of hydrogen-bond donors (Lipinski definition) is 1. The van der Waals surface area contributed by atoms with E-state index in [2.05, 4.69) is 0 Å². The summed E-state index contributed by atoms with van der Waals surface area (Å²) in [6.45, 7) is 3.72. The second kappa shape index (κ2) is 5.96. The van der Waals surface area contributed by atoms with E-state index < -0.39 is 5.63 Å². The molecule has 0 spiro atoms. The molecule has 25 heavy (non-hydrogen) atoms. The lowest BCUT2D eigenvalue weighted by molar-refractivity contribution is -0.134. The quantitative estimate of drug-likeness (QED) is 0.807. The molecule has 0 unspecified atom stereocenters. The van der Waals surface area contributed by atoms with Crippen molar-refractivity contribution in [2.45, 2.75) is 13.3 Å². The third-order valence-corrected chi connectivity index (χ3v) is 4.56. The van der Waals surface area contributed by atoms with Crippen molar-refractivity contribution in [2.75, 3.05) is 33.1 Å². The Hall–Kier alpha value is -2.74. The average molecular weight is 347 g/mol. The zero-order valence-corrected chi connectivity index (χ0v) is 13.7. The Morgan fingerprint density at radius 3 is 2.72 bits per heavy atom. The van der Waals surface area contributed by atoms with Crippen molar-refractivity contribution in [3.05, 3.63) is 27.6 Å². The van der Waals surface area contributed by atoms with Gasteiger partial charge in [0.25, 0.3) is 0 Å². The van der Waals surface area contributed by atoms with Gasteiger partial charge in [-0.25, -0.2) is 4.79 Å². The number of ether oxygens (including phenoxy) is 3. The first-order valence-electron chi connectivity index (χ1n) is 7.99. The third kappa shape index (κ3) is 2.58. The number of hydrogen-bond acceptors (Lipinski definition) is 7. The summed E-state index contributed by atoms with van der Waals surface area (Å²) in [5, 5.41) is 10.5. The molecule has 0 atom stereocenters. The molecule has 1 aromatic carbocycles. The number of carbonyl (C=O) groups is 1. The Balaban J connectivity index is 1.78. The predicted molar refractivity (Wildman–Crippen MR) is 86.1 cm³/mol. The summed E-state index contributed by atoms with van der Waals surface area (Å²) in [6.07, 6.45) is -0.0549. The standard InChI is InChI=1S/C17H17NO7/c1-9-10(6-13(20)18-2-4-22-5-3-18)17(21)25-12-7-11(19)15-16(14(9)12)24-8-23-15/h7,19H,2-6,8H2,1H3. The second-order valence-corrected chi connectivity index (χ2v) is 6.00. The first-order chi connectivity index (χ1) is 12.1. The van der Waals surface area contributed by atoms with Gasteiger partial charge in [0.2, 0.25) is 18.4 Å². The van der Waals surface area contributed by atoms with E-state index in [-0.39, 0.29) is 41.8 Å². The van der Waals surface area contributed by atoms with Crippen LogP contribution in [0, 0.1) is 6.92 Å². The zero-order valence-electron chi connectivity index (χ0n) is 13.7. The van der Waals surface area contributed by atoms with Gasteiger partial charge in [-0.15, -0.1) is 0 Å². The van der Waals surface area contributed by atoms with E-state index in [9.17, 15) is 14.7 Å². The normalized spacial score (nSPS) is 16.4. The van der Waals surface area contributed by atoms with Crippen LogP contribution >= 0.6 is 0 Å². The molecule has 1 aromatic heterocycles. The smallest absolute Gasteiger partial charge is 0.340 e. The number of phenols is 1. The van der Waals surface area contributed by atoms with Crippen LogP contribution in [0.3, 0.4) is 0 Å². The van der Waals surface area contributed by atoms with E-state index in [1.165, 1.54) is 6.07 Å². The highest BCUT2D eigenvalue weighted by Gasteiger charge is 2.27. The number of morpholine rings is 1. The van der Waals surface area contributed by atoms with Crippen LogP contribution in [-0.2, 0) is 16.0 Å². The van der Waals surface area contributed by atoms with Crippen LogP contribution in [0.5, 0.6) is 17.2 Å². The molecule has 1 saturated heterocycles. The fourth-order valence-corrected chi connectivity index (χ4v) is 3.21. The summed E-state index contributed by atoms with van der Waals surface area (Å²) >= 11 is 0.